The van der Waals surface area contributed by atoms with Crippen LogP contribution in [0.2, 0.25) is 0 Å². The number of rotatable bonds is 8. The van der Waals surface area contributed by atoms with Gasteiger partial charge in [-0.05, 0) is 44.3 Å². The fraction of sp³-hybridized carbons (Fsp3) is 0.562. The molecule has 0 spiro atoms. The number of nitrogens with zero attached hydrogens (tertiary/aromatic N) is 2. The number of guanidine groups is 1. The molecule has 0 radical (unpaired) electrons. The summed E-state index contributed by atoms with van der Waals surface area (Å²) in [5.74, 6) is -0.283. The second kappa shape index (κ2) is 10.1. The molecular formula is C16H26F2N4. The van der Waals surface area contributed by atoms with E-state index < -0.39 is 11.6 Å². The average molecular weight is 312 g/mol. The minimum atomic E-state index is -0.444. The molecule has 6 heteroatoms. The van der Waals surface area contributed by atoms with E-state index in [0.29, 0.717) is 5.96 Å². The molecule has 0 amide bonds. The van der Waals surface area contributed by atoms with E-state index in [4.69, 9.17) is 0 Å². The zero-order valence-corrected chi connectivity index (χ0v) is 13.6. The van der Waals surface area contributed by atoms with E-state index in [1.807, 2.05) is 0 Å². The fourth-order valence-corrected chi connectivity index (χ4v) is 2.13. The first-order chi connectivity index (χ1) is 10.6. The molecule has 2 N–H and O–H groups in total. The Balaban J connectivity index is 2.35. The zero-order chi connectivity index (χ0) is 16.4. The van der Waals surface area contributed by atoms with Gasteiger partial charge in [-0.3, -0.25) is 4.99 Å². The van der Waals surface area contributed by atoms with Crippen LogP contribution < -0.4 is 10.6 Å². The van der Waals surface area contributed by atoms with Gasteiger partial charge in [0.2, 0.25) is 0 Å². The monoisotopic (exact) mass is 312 g/mol. The lowest BCUT2D eigenvalue weighted by Crippen LogP contribution is -2.38. The van der Waals surface area contributed by atoms with Crippen molar-refractivity contribution in [3.63, 3.8) is 0 Å². The first-order valence-corrected chi connectivity index (χ1v) is 7.71. The van der Waals surface area contributed by atoms with E-state index in [9.17, 15) is 8.78 Å². The molecule has 22 heavy (non-hydrogen) atoms. The van der Waals surface area contributed by atoms with Gasteiger partial charge in [-0.1, -0.05) is 13.8 Å². The number of nitrogens with one attached hydrogen (secondary N) is 2. The molecule has 0 aliphatic heterocycles. The Labute approximate surface area is 131 Å². The second-order valence-corrected chi connectivity index (χ2v) is 4.97. The minimum absolute atomic E-state index is 0.194. The van der Waals surface area contributed by atoms with Gasteiger partial charge in [-0.2, -0.15) is 0 Å². The standard InChI is InChI=1S/C16H26F2N4/c1-4-22(5-2)10-6-9-20-16(19-3)21-12-13-11-14(17)7-8-15(13)18/h7-8,11H,4-6,9-10,12H2,1-3H3,(H2,19,20,21). The Bertz CT molecular complexity index is 473. The van der Waals surface area contributed by atoms with Crippen molar-refractivity contribution in [2.45, 2.75) is 26.8 Å². The molecule has 0 saturated carbocycles. The molecule has 1 aromatic carbocycles. The third-order valence-electron chi connectivity index (χ3n) is 3.52. The van der Waals surface area contributed by atoms with Gasteiger partial charge in [0.1, 0.15) is 11.6 Å². The fourth-order valence-electron chi connectivity index (χ4n) is 2.13. The molecule has 0 unspecified atom stereocenters. The van der Waals surface area contributed by atoms with E-state index in [1.54, 1.807) is 7.05 Å². The van der Waals surface area contributed by atoms with Crippen LogP contribution in [0.4, 0.5) is 8.78 Å². The Morgan fingerprint density at radius 2 is 1.91 bits per heavy atom. The molecule has 0 heterocycles. The van der Waals surface area contributed by atoms with E-state index >= 15 is 0 Å². The third kappa shape index (κ3) is 6.39. The van der Waals surface area contributed by atoms with Crippen molar-refractivity contribution < 1.29 is 8.78 Å². The molecule has 1 rings (SSSR count). The van der Waals surface area contributed by atoms with Crippen LogP contribution in [0.1, 0.15) is 25.8 Å². The first-order valence-electron chi connectivity index (χ1n) is 7.71. The van der Waals surface area contributed by atoms with Gasteiger partial charge in [0, 0.05) is 25.7 Å². The average Bonchev–Trinajstić information content (AvgIpc) is 2.53. The summed E-state index contributed by atoms with van der Waals surface area (Å²) in [6, 6.07) is 3.43. The number of benzene rings is 1. The van der Waals surface area contributed by atoms with Crippen LogP contribution in [0.5, 0.6) is 0 Å². The molecule has 4 nitrogen and oxygen atoms in total. The molecule has 1 aromatic rings. The molecule has 0 aliphatic carbocycles. The van der Waals surface area contributed by atoms with E-state index in [1.165, 1.54) is 6.07 Å². The zero-order valence-electron chi connectivity index (χ0n) is 13.6. The van der Waals surface area contributed by atoms with Crippen LogP contribution in [0.25, 0.3) is 0 Å². The van der Waals surface area contributed by atoms with Gasteiger partial charge in [-0.15, -0.1) is 0 Å². The highest BCUT2D eigenvalue weighted by atomic mass is 19.1. The molecule has 0 fully saturated rings. The van der Waals surface area contributed by atoms with Crippen molar-refractivity contribution in [3.8, 4) is 0 Å². The molecule has 124 valence electrons. The van der Waals surface area contributed by atoms with Crippen molar-refractivity contribution in [1.82, 2.24) is 15.5 Å². The summed E-state index contributed by atoms with van der Waals surface area (Å²) in [4.78, 5) is 6.42. The summed E-state index contributed by atoms with van der Waals surface area (Å²) < 4.78 is 26.6. The van der Waals surface area contributed by atoms with Gasteiger partial charge in [-0.25, -0.2) is 8.78 Å². The molecule has 0 aliphatic rings. The van der Waals surface area contributed by atoms with Gasteiger partial charge in [0.25, 0.3) is 0 Å². The summed E-state index contributed by atoms with van der Waals surface area (Å²) >= 11 is 0. The van der Waals surface area contributed by atoms with Crippen LogP contribution in [0, 0.1) is 11.6 Å². The first kappa shape index (κ1) is 18.4. The van der Waals surface area contributed by atoms with Crippen LogP contribution >= 0.6 is 0 Å². The lowest BCUT2D eigenvalue weighted by atomic mass is 10.2. The van der Waals surface area contributed by atoms with Gasteiger partial charge in [0.05, 0.1) is 0 Å². The maximum atomic E-state index is 13.5. The molecule has 0 saturated heterocycles. The quantitative estimate of drug-likeness (QED) is 0.440. The summed E-state index contributed by atoms with van der Waals surface area (Å²) in [5, 5.41) is 6.16. The van der Waals surface area contributed by atoms with Gasteiger partial charge < -0.3 is 15.5 Å². The van der Waals surface area contributed by atoms with Crippen LogP contribution in [0.15, 0.2) is 23.2 Å². The van der Waals surface area contributed by atoms with E-state index in [-0.39, 0.29) is 12.1 Å². The van der Waals surface area contributed by atoms with Crippen molar-refractivity contribution in [1.29, 1.82) is 0 Å². The van der Waals surface area contributed by atoms with E-state index in [2.05, 4.69) is 34.4 Å². The lowest BCUT2D eigenvalue weighted by Gasteiger charge is -2.18. The van der Waals surface area contributed by atoms with Crippen LogP contribution in [-0.2, 0) is 6.54 Å². The molecule has 0 atom stereocenters. The molecular weight excluding hydrogens is 286 g/mol. The molecule has 0 aromatic heterocycles. The summed E-state index contributed by atoms with van der Waals surface area (Å²) in [6.45, 7) is 8.37. The predicted molar refractivity (Wildman–Crippen MR) is 87.0 cm³/mol. The highest BCUT2D eigenvalue weighted by Crippen LogP contribution is 2.08. The number of halogens is 2. The van der Waals surface area contributed by atoms with Crippen LogP contribution in [0.3, 0.4) is 0 Å². The van der Waals surface area contributed by atoms with E-state index in [0.717, 1.165) is 44.7 Å². The number of aliphatic imine (C=N–C) groups is 1. The number of hydrogen-bond donors (Lipinski definition) is 2. The normalized spacial score (nSPS) is 11.8. The lowest BCUT2D eigenvalue weighted by molar-refractivity contribution is 0.300. The molecule has 0 bridgehead atoms. The summed E-state index contributed by atoms with van der Waals surface area (Å²) in [7, 11) is 1.65. The largest absolute Gasteiger partial charge is 0.356 e. The Hall–Kier alpha value is -1.69. The minimum Gasteiger partial charge on any atom is -0.356 e. The second-order valence-electron chi connectivity index (χ2n) is 4.97. The Morgan fingerprint density at radius 3 is 2.55 bits per heavy atom. The summed E-state index contributed by atoms with van der Waals surface area (Å²) in [5.41, 5.74) is 0.283. The van der Waals surface area contributed by atoms with Crippen molar-refractivity contribution in [2.24, 2.45) is 4.99 Å². The predicted octanol–water partition coefficient (Wildman–Crippen LogP) is 2.36. The third-order valence-corrected chi connectivity index (χ3v) is 3.52. The van der Waals surface area contributed by atoms with Gasteiger partial charge >= 0.3 is 0 Å². The Kier molecular flexibility index (Phi) is 8.43. The van der Waals surface area contributed by atoms with Crippen molar-refractivity contribution >= 4 is 5.96 Å². The van der Waals surface area contributed by atoms with Crippen molar-refractivity contribution in [3.05, 3.63) is 35.4 Å². The SMILES string of the molecule is CCN(CC)CCCNC(=NC)NCc1cc(F)ccc1F. The highest BCUT2D eigenvalue weighted by Gasteiger charge is 2.05. The maximum Gasteiger partial charge on any atom is 0.191 e. The van der Waals surface area contributed by atoms with Crippen LogP contribution in [-0.4, -0.2) is 44.1 Å². The van der Waals surface area contributed by atoms with Crippen molar-refractivity contribution in [2.75, 3.05) is 33.2 Å². The number of hydrogen-bond acceptors (Lipinski definition) is 2. The topological polar surface area (TPSA) is 39.7 Å². The highest BCUT2D eigenvalue weighted by molar-refractivity contribution is 5.79. The smallest absolute Gasteiger partial charge is 0.191 e. The summed E-state index contributed by atoms with van der Waals surface area (Å²) in [6.07, 6.45) is 0.997. The Morgan fingerprint density at radius 1 is 1.18 bits per heavy atom. The van der Waals surface area contributed by atoms with Gasteiger partial charge in [0.15, 0.2) is 5.96 Å². The maximum absolute atomic E-state index is 13.5.